The fourth-order valence-corrected chi connectivity index (χ4v) is 2.87. The smallest absolute Gasteiger partial charge is 0.188 e. The van der Waals surface area contributed by atoms with Crippen molar-refractivity contribution in [1.29, 1.82) is 0 Å². The lowest BCUT2D eigenvalue weighted by Gasteiger charge is -2.13. The molecule has 7 N–H and O–H groups in total. The minimum atomic E-state index is 0.115. The van der Waals surface area contributed by atoms with E-state index in [9.17, 15) is 0 Å². The molecule has 2 rings (SSSR count). The normalized spacial score (nSPS) is 11.4. The average molecular weight is 371 g/mol. The van der Waals surface area contributed by atoms with Crippen molar-refractivity contribution >= 4 is 22.7 Å². The molecular weight excluding hydrogens is 340 g/mol. The molecule has 0 atom stereocenters. The molecule has 27 heavy (non-hydrogen) atoms. The molecule has 0 aliphatic carbocycles. The summed E-state index contributed by atoms with van der Waals surface area (Å²) in [6, 6.07) is 12.6. The maximum atomic E-state index is 5.95. The zero-order chi connectivity index (χ0) is 19.5. The van der Waals surface area contributed by atoms with Gasteiger partial charge in [-0.25, -0.2) is 0 Å². The highest BCUT2D eigenvalue weighted by atomic mass is 16.5. The van der Waals surface area contributed by atoms with E-state index in [1.165, 1.54) is 10.9 Å². The number of benzene rings is 2. The van der Waals surface area contributed by atoms with Gasteiger partial charge in [-0.1, -0.05) is 30.3 Å². The van der Waals surface area contributed by atoms with Gasteiger partial charge in [-0.2, -0.15) is 0 Å². The van der Waals surface area contributed by atoms with Gasteiger partial charge in [0, 0.05) is 31.9 Å². The first kappa shape index (κ1) is 20.4. The first-order chi connectivity index (χ1) is 13.1. The Balaban J connectivity index is 1.94. The van der Waals surface area contributed by atoms with Gasteiger partial charge in [0.1, 0.15) is 5.75 Å². The molecule has 0 aromatic heterocycles. The van der Waals surface area contributed by atoms with Crippen molar-refractivity contribution in [1.82, 2.24) is 5.32 Å². The van der Waals surface area contributed by atoms with Crippen LogP contribution in [0.4, 0.5) is 0 Å². The first-order valence-corrected chi connectivity index (χ1v) is 9.26. The summed E-state index contributed by atoms with van der Waals surface area (Å²) >= 11 is 0. The second-order valence-electron chi connectivity index (χ2n) is 6.27. The molecule has 0 radical (unpaired) electrons. The van der Waals surface area contributed by atoms with E-state index >= 15 is 0 Å². The molecule has 146 valence electrons. The number of fused-ring (bicyclic) bond motifs is 1. The van der Waals surface area contributed by atoms with Crippen molar-refractivity contribution in [3.63, 3.8) is 0 Å². The SMILES string of the molecule is CN=C(N)NCCCCc1ccc(OCCCN=C(N)N)c2ccccc12. The largest absolute Gasteiger partial charge is 0.493 e. The summed E-state index contributed by atoms with van der Waals surface area (Å²) in [7, 11) is 1.68. The summed E-state index contributed by atoms with van der Waals surface area (Å²) in [5.74, 6) is 1.50. The van der Waals surface area contributed by atoms with Crippen LogP contribution in [-0.2, 0) is 6.42 Å². The van der Waals surface area contributed by atoms with Crippen LogP contribution in [-0.4, -0.2) is 38.7 Å². The van der Waals surface area contributed by atoms with E-state index in [1.54, 1.807) is 7.05 Å². The molecule has 0 heterocycles. The molecule has 2 aromatic rings. The fourth-order valence-electron chi connectivity index (χ4n) is 2.87. The van der Waals surface area contributed by atoms with Crippen LogP contribution in [0.25, 0.3) is 10.8 Å². The topological polar surface area (TPSA) is 124 Å². The van der Waals surface area contributed by atoms with Crippen molar-refractivity contribution in [3.05, 3.63) is 42.0 Å². The Kier molecular flexibility index (Phi) is 8.22. The van der Waals surface area contributed by atoms with Gasteiger partial charge in [-0.05, 0) is 36.3 Å². The second kappa shape index (κ2) is 10.9. The molecule has 7 heteroatoms. The van der Waals surface area contributed by atoms with Crippen LogP contribution in [0.1, 0.15) is 24.8 Å². The number of rotatable bonds is 10. The second-order valence-corrected chi connectivity index (χ2v) is 6.27. The van der Waals surface area contributed by atoms with E-state index in [1.807, 2.05) is 6.07 Å². The van der Waals surface area contributed by atoms with Crippen LogP contribution in [0, 0.1) is 0 Å². The van der Waals surface area contributed by atoms with Crippen LogP contribution in [0.5, 0.6) is 5.75 Å². The lowest BCUT2D eigenvalue weighted by Crippen LogP contribution is -2.32. The summed E-state index contributed by atoms with van der Waals surface area (Å²) < 4.78 is 5.95. The zero-order valence-electron chi connectivity index (χ0n) is 15.9. The van der Waals surface area contributed by atoms with Crippen LogP contribution in [0.3, 0.4) is 0 Å². The molecule has 0 amide bonds. The van der Waals surface area contributed by atoms with E-state index in [-0.39, 0.29) is 5.96 Å². The van der Waals surface area contributed by atoms with Crippen molar-refractivity contribution in [2.24, 2.45) is 27.2 Å². The number of guanidine groups is 2. The lowest BCUT2D eigenvalue weighted by molar-refractivity contribution is 0.317. The summed E-state index contributed by atoms with van der Waals surface area (Å²) in [5.41, 5.74) is 17.6. The molecule has 2 aromatic carbocycles. The summed E-state index contributed by atoms with van der Waals surface area (Å²) in [6.45, 7) is 1.98. The Hall–Kier alpha value is -2.96. The maximum Gasteiger partial charge on any atom is 0.188 e. The van der Waals surface area contributed by atoms with Gasteiger partial charge < -0.3 is 27.3 Å². The number of ether oxygens (including phenoxy) is 1. The molecule has 0 unspecified atom stereocenters. The van der Waals surface area contributed by atoms with Crippen molar-refractivity contribution in [2.75, 3.05) is 26.7 Å². The van der Waals surface area contributed by atoms with Gasteiger partial charge in [0.05, 0.1) is 6.61 Å². The molecule has 0 fully saturated rings. The number of nitrogens with one attached hydrogen (secondary N) is 1. The number of aliphatic imine (C=N–C) groups is 2. The molecule has 0 bridgehead atoms. The monoisotopic (exact) mass is 370 g/mol. The van der Waals surface area contributed by atoms with E-state index in [0.717, 1.165) is 43.4 Å². The predicted molar refractivity (Wildman–Crippen MR) is 113 cm³/mol. The number of nitrogens with zero attached hydrogens (tertiary/aromatic N) is 2. The van der Waals surface area contributed by atoms with E-state index in [2.05, 4.69) is 45.6 Å². The van der Waals surface area contributed by atoms with Crippen LogP contribution in [0.15, 0.2) is 46.4 Å². The van der Waals surface area contributed by atoms with Gasteiger partial charge >= 0.3 is 0 Å². The zero-order valence-corrected chi connectivity index (χ0v) is 15.9. The molecule has 7 nitrogen and oxygen atoms in total. The highest BCUT2D eigenvalue weighted by Gasteiger charge is 2.07. The Bertz CT molecular complexity index is 783. The molecule has 0 aliphatic rings. The summed E-state index contributed by atoms with van der Waals surface area (Å²) in [6.07, 6.45) is 3.89. The van der Waals surface area contributed by atoms with Crippen LogP contribution < -0.4 is 27.3 Å². The third-order valence-electron chi connectivity index (χ3n) is 4.25. The Morgan fingerprint density at radius 1 is 1.00 bits per heavy atom. The van der Waals surface area contributed by atoms with E-state index < -0.39 is 0 Å². The van der Waals surface area contributed by atoms with Crippen molar-refractivity contribution in [3.8, 4) is 5.75 Å². The van der Waals surface area contributed by atoms with Crippen molar-refractivity contribution < 1.29 is 4.74 Å². The molecule has 0 aliphatic heterocycles. The lowest BCUT2D eigenvalue weighted by atomic mass is 9.99. The number of hydrogen-bond acceptors (Lipinski definition) is 3. The summed E-state index contributed by atoms with van der Waals surface area (Å²) in [5, 5.41) is 5.46. The minimum Gasteiger partial charge on any atom is -0.493 e. The van der Waals surface area contributed by atoms with Gasteiger partial charge in [-0.3, -0.25) is 9.98 Å². The van der Waals surface area contributed by atoms with Crippen molar-refractivity contribution in [2.45, 2.75) is 25.7 Å². The highest BCUT2D eigenvalue weighted by molar-refractivity contribution is 5.91. The van der Waals surface area contributed by atoms with E-state index in [4.69, 9.17) is 21.9 Å². The molecule has 0 saturated heterocycles. The molecule has 0 spiro atoms. The van der Waals surface area contributed by atoms with Crippen LogP contribution >= 0.6 is 0 Å². The molecular formula is C20H30N6O. The fraction of sp³-hybridized carbons (Fsp3) is 0.400. The Morgan fingerprint density at radius 2 is 1.78 bits per heavy atom. The minimum absolute atomic E-state index is 0.115. The van der Waals surface area contributed by atoms with Crippen LogP contribution in [0.2, 0.25) is 0 Å². The number of unbranched alkanes of at least 4 members (excludes halogenated alkanes) is 1. The number of aryl methyl sites for hydroxylation is 1. The third-order valence-corrected chi connectivity index (χ3v) is 4.25. The Labute approximate surface area is 160 Å². The first-order valence-electron chi connectivity index (χ1n) is 9.26. The number of nitrogens with two attached hydrogens (primary N) is 3. The van der Waals surface area contributed by atoms with Gasteiger partial charge in [0.2, 0.25) is 0 Å². The molecule has 0 saturated carbocycles. The standard InChI is InChI=1S/C20H30N6O/c1-24-20(23)26-12-5-4-7-15-10-11-18(17-9-3-2-8-16(15)17)27-14-6-13-25-19(21)22/h2-3,8-11H,4-7,12-14H2,1H3,(H4,21,22,25)(H3,23,24,26). The average Bonchev–Trinajstić information content (AvgIpc) is 2.68. The third kappa shape index (κ3) is 6.69. The highest BCUT2D eigenvalue weighted by Crippen LogP contribution is 2.29. The maximum absolute atomic E-state index is 5.95. The quantitative estimate of drug-likeness (QED) is 0.288. The van der Waals surface area contributed by atoms with Gasteiger partial charge in [-0.15, -0.1) is 0 Å². The van der Waals surface area contributed by atoms with Gasteiger partial charge in [0.15, 0.2) is 11.9 Å². The predicted octanol–water partition coefficient (Wildman–Crippen LogP) is 1.74. The number of hydrogen-bond donors (Lipinski definition) is 4. The Morgan fingerprint density at radius 3 is 2.52 bits per heavy atom. The van der Waals surface area contributed by atoms with Gasteiger partial charge in [0.25, 0.3) is 0 Å². The summed E-state index contributed by atoms with van der Waals surface area (Å²) in [4.78, 5) is 7.86. The van der Waals surface area contributed by atoms with E-state index in [0.29, 0.717) is 19.1 Å².